The first-order valence-corrected chi connectivity index (χ1v) is 11.3. The number of hydrogen-bond acceptors (Lipinski definition) is 4. The number of aromatic amines is 1. The number of phenols is 1. The highest BCUT2D eigenvalue weighted by Gasteiger charge is 2.20. The number of aliphatic hydroxyl groups excluding tert-OH is 1. The second kappa shape index (κ2) is 10.6. The predicted octanol–water partition coefficient (Wildman–Crippen LogP) is 4.94. The first kappa shape index (κ1) is 24.2. The van der Waals surface area contributed by atoms with Gasteiger partial charge in [-0.1, -0.05) is 13.0 Å². The Balaban J connectivity index is 1.61. The quantitative estimate of drug-likeness (QED) is 0.273. The Hall–Kier alpha value is -3.91. The number of aliphatic hydroxyl groups is 1. The smallest absolute Gasteiger partial charge is 0.255 e. The number of halogens is 2. The van der Waals surface area contributed by atoms with Gasteiger partial charge in [0.15, 0.2) is 0 Å². The molecule has 6 nitrogen and oxygen atoms in total. The van der Waals surface area contributed by atoms with Gasteiger partial charge in [0.2, 0.25) is 0 Å². The van der Waals surface area contributed by atoms with E-state index < -0.39 is 17.8 Å². The molecule has 4 aromatic rings. The molecule has 35 heavy (non-hydrogen) atoms. The van der Waals surface area contributed by atoms with Crippen molar-refractivity contribution in [2.45, 2.75) is 25.8 Å². The average molecular weight is 481 g/mol. The standard InChI is InChI=1S/C27H26F2N2O4/c1-2-7-35-26-6-3-16(17-8-20(29)12-22(33)10-17)11-24(26)27(34)31-21(15-32)9-18-14-30-25-5-4-19(28)13-23(18)25/h3-6,8,10-14,21,30,32-33H,2,7,9,15H2,1H3,(H,31,34). The van der Waals surface area contributed by atoms with Crippen molar-refractivity contribution in [2.75, 3.05) is 13.2 Å². The fraction of sp³-hybridized carbons (Fsp3) is 0.222. The molecule has 1 aromatic heterocycles. The SMILES string of the molecule is CCCOc1ccc(-c2cc(O)cc(F)c2)cc1C(=O)NC(CO)Cc1c[nH]c2ccc(F)cc12. The number of rotatable bonds is 9. The van der Waals surface area contributed by atoms with E-state index in [4.69, 9.17) is 4.74 Å². The zero-order valence-electron chi connectivity index (χ0n) is 19.1. The van der Waals surface area contributed by atoms with E-state index in [-0.39, 0.29) is 30.2 Å². The van der Waals surface area contributed by atoms with E-state index in [2.05, 4.69) is 10.3 Å². The molecule has 0 aliphatic heterocycles. The summed E-state index contributed by atoms with van der Waals surface area (Å²) in [5.74, 6) is -1.34. The second-order valence-electron chi connectivity index (χ2n) is 8.32. The van der Waals surface area contributed by atoms with Crippen molar-refractivity contribution in [1.82, 2.24) is 10.3 Å². The van der Waals surface area contributed by atoms with Crippen LogP contribution in [-0.4, -0.2) is 40.4 Å². The van der Waals surface area contributed by atoms with Gasteiger partial charge in [-0.05, 0) is 72.0 Å². The summed E-state index contributed by atoms with van der Waals surface area (Å²) in [5.41, 5.74) is 2.64. The number of aromatic nitrogens is 1. The van der Waals surface area contributed by atoms with Crippen LogP contribution in [-0.2, 0) is 6.42 Å². The topological polar surface area (TPSA) is 94.6 Å². The summed E-state index contributed by atoms with van der Waals surface area (Å²) < 4.78 is 33.3. The molecule has 0 aliphatic carbocycles. The fourth-order valence-electron chi connectivity index (χ4n) is 3.98. The largest absolute Gasteiger partial charge is 0.508 e. The Morgan fingerprint density at radius 3 is 2.63 bits per heavy atom. The Morgan fingerprint density at radius 1 is 1.06 bits per heavy atom. The summed E-state index contributed by atoms with van der Waals surface area (Å²) >= 11 is 0. The Labute approximate surface area is 201 Å². The van der Waals surface area contributed by atoms with Crippen molar-refractivity contribution in [3.8, 4) is 22.6 Å². The molecule has 1 heterocycles. The van der Waals surface area contributed by atoms with Crippen molar-refractivity contribution in [3.63, 3.8) is 0 Å². The highest BCUT2D eigenvalue weighted by molar-refractivity contribution is 5.98. The molecule has 0 aliphatic rings. The Morgan fingerprint density at radius 2 is 1.89 bits per heavy atom. The third-order valence-electron chi connectivity index (χ3n) is 5.65. The lowest BCUT2D eigenvalue weighted by atomic mass is 10.0. The maximum Gasteiger partial charge on any atom is 0.255 e. The second-order valence-corrected chi connectivity index (χ2v) is 8.32. The monoisotopic (exact) mass is 480 g/mol. The normalized spacial score (nSPS) is 12.0. The van der Waals surface area contributed by atoms with Crippen LogP contribution in [0.4, 0.5) is 8.78 Å². The minimum Gasteiger partial charge on any atom is -0.508 e. The fourth-order valence-corrected chi connectivity index (χ4v) is 3.98. The molecule has 0 spiro atoms. The highest BCUT2D eigenvalue weighted by atomic mass is 19.1. The lowest BCUT2D eigenvalue weighted by Gasteiger charge is -2.18. The van der Waals surface area contributed by atoms with Gasteiger partial charge in [-0.2, -0.15) is 0 Å². The number of benzene rings is 3. The number of phenolic OH excluding ortho intramolecular Hbond substituents is 1. The van der Waals surface area contributed by atoms with Gasteiger partial charge in [0, 0.05) is 23.2 Å². The van der Waals surface area contributed by atoms with Crippen LogP contribution in [0.5, 0.6) is 11.5 Å². The number of fused-ring (bicyclic) bond motifs is 1. The van der Waals surface area contributed by atoms with Crippen molar-refractivity contribution >= 4 is 16.8 Å². The van der Waals surface area contributed by atoms with Gasteiger partial charge in [-0.15, -0.1) is 0 Å². The van der Waals surface area contributed by atoms with Gasteiger partial charge >= 0.3 is 0 Å². The minimum atomic E-state index is -0.648. The number of H-pyrrole nitrogens is 1. The lowest BCUT2D eigenvalue weighted by molar-refractivity contribution is 0.0912. The summed E-state index contributed by atoms with van der Waals surface area (Å²) in [6, 6.07) is 12.3. The van der Waals surface area contributed by atoms with E-state index in [0.29, 0.717) is 28.9 Å². The highest BCUT2D eigenvalue weighted by Crippen LogP contribution is 2.30. The number of amides is 1. The van der Waals surface area contributed by atoms with Gasteiger partial charge in [-0.3, -0.25) is 4.79 Å². The molecule has 8 heteroatoms. The molecule has 0 bridgehead atoms. The van der Waals surface area contributed by atoms with Crippen molar-refractivity contribution in [1.29, 1.82) is 0 Å². The lowest BCUT2D eigenvalue weighted by Crippen LogP contribution is -2.39. The van der Waals surface area contributed by atoms with Crippen LogP contribution < -0.4 is 10.1 Å². The first-order chi connectivity index (χ1) is 16.9. The Kier molecular flexibility index (Phi) is 7.31. The molecule has 1 atom stereocenters. The van der Waals surface area contributed by atoms with Crippen LogP contribution >= 0.6 is 0 Å². The predicted molar refractivity (Wildman–Crippen MR) is 130 cm³/mol. The van der Waals surface area contributed by atoms with E-state index in [1.807, 2.05) is 6.92 Å². The van der Waals surface area contributed by atoms with Crippen LogP contribution in [0, 0.1) is 11.6 Å². The van der Waals surface area contributed by atoms with Crippen LogP contribution in [0.25, 0.3) is 22.0 Å². The van der Waals surface area contributed by atoms with Crippen LogP contribution in [0.15, 0.2) is 60.8 Å². The molecule has 4 rings (SSSR count). The van der Waals surface area contributed by atoms with Crippen molar-refractivity contribution < 1.29 is 28.5 Å². The van der Waals surface area contributed by atoms with E-state index >= 15 is 0 Å². The molecular formula is C27H26F2N2O4. The third kappa shape index (κ3) is 5.60. The number of nitrogens with one attached hydrogen (secondary N) is 2. The van der Waals surface area contributed by atoms with Crippen LogP contribution in [0.1, 0.15) is 29.3 Å². The number of ether oxygens (including phenoxy) is 1. The number of hydrogen-bond donors (Lipinski definition) is 4. The molecular weight excluding hydrogens is 454 g/mol. The summed E-state index contributed by atoms with van der Waals surface area (Å²) in [6.07, 6.45) is 2.73. The molecule has 1 amide bonds. The average Bonchev–Trinajstić information content (AvgIpc) is 3.23. The summed E-state index contributed by atoms with van der Waals surface area (Å²) in [6.45, 7) is 2.00. The van der Waals surface area contributed by atoms with Crippen LogP contribution in [0.3, 0.4) is 0 Å². The van der Waals surface area contributed by atoms with E-state index in [9.17, 15) is 23.8 Å². The molecule has 1 unspecified atom stereocenters. The number of carbonyl (C=O) groups is 1. The summed E-state index contributed by atoms with van der Waals surface area (Å²) in [4.78, 5) is 16.3. The summed E-state index contributed by atoms with van der Waals surface area (Å²) in [7, 11) is 0. The van der Waals surface area contributed by atoms with Gasteiger partial charge in [0.1, 0.15) is 23.1 Å². The molecule has 0 saturated heterocycles. The van der Waals surface area contributed by atoms with E-state index in [0.717, 1.165) is 23.6 Å². The first-order valence-electron chi connectivity index (χ1n) is 11.3. The van der Waals surface area contributed by atoms with Gasteiger partial charge < -0.3 is 25.3 Å². The molecule has 3 aromatic carbocycles. The van der Waals surface area contributed by atoms with Gasteiger partial charge in [0.05, 0.1) is 24.8 Å². The minimum absolute atomic E-state index is 0.211. The molecule has 0 radical (unpaired) electrons. The summed E-state index contributed by atoms with van der Waals surface area (Å²) in [5, 5.41) is 23.2. The van der Waals surface area contributed by atoms with Crippen LogP contribution in [0.2, 0.25) is 0 Å². The molecule has 182 valence electrons. The zero-order valence-corrected chi connectivity index (χ0v) is 19.1. The van der Waals surface area contributed by atoms with E-state index in [1.54, 1.807) is 30.5 Å². The van der Waals surface area contributed by atoms with E-state index in [1.165, 1.54) is 24.3 Å². The molecule has 4 N–H and O–H groups in total. The van der Waals surface area contributed by atoms with Crippen molar-refractivity contribution in [2.24, 2.45) is 0 Å². The Bertz CT molecular complexity index is 1330. The van der Waals surface area contributed by atoms with Gasteiger partial charge in [0.25, 0.3) is 5.91 Å². The number of aromatic hydroxyl groups is 1. The van der Waals surface area contributed by atoms with Crippen molar-refractivity contribution in [3.05, 3.63) is 83.6 Å². The third-order valence-corrected chi connectivity index (χ3v) is 5.65. The molecule has 0 saturated carbocycles. The molecule has 0 fully saturated rings. The maximum atomic E-state index is 13.8. The number of carbonyl (C=O) groups excluding carboxylic acids is 1. The maximum absolute atomic E-state index is 13.8. The zero-order chi connectivity index (χ0) is 24.9. The van der Waals surface area contributed by atoms with Gasteiger partial charge in [-0.25, -0.2) is 8.78 Å².